The van der Waals surface area contributed by atoms with Crippen molar-refractivity contribution in [1.29, 1.82) is 0 Å². The molecule has 94 valence electrons. The number of carbonyl (C=O) groups is 1. The van der Waals surface area contributed by atoms with E-state index in [9.17, 15) is 9.90 Å². The van der Waals surface area contributed by atoms with E-state index in [2.05, 4.69) is 6.92 Å². The van der Waals surface area contributed by atoms with Gasteiger partial charge in [-0.3, -0.25) is 0 Å². The van der Waals surface area contributed by atoms with E-state index in [1.807, 2.05) is 6.92 Å². The lowest BCUT2D eigenvalue weighted by Crippen LogP contribution is -2.15. The average molecular weight is 236 g/mol. The Labute approximate surface area is 102 Å². The van der Waals surface area contributed by atoms with Gasteiger partial charge in [-0.1, -0.05) is 31.9 Å². The zero-order valence-electron chi connectivity index (χ0n) is 10.5. The molecule has 0 aliphatic heterocycles. The number of unbranched alkanes of at least 4 members (excludes halogenated alkanes) is 2. The number of ether oxygens (including phenoxy) is 1. The van der Waals surface area contributed by atoms with Crippen molar-refractivity contribution in [1.82, 2.24) is 0 Å². The van der Waals surface area contributed by atoms with Gasteiger partial charge >= 0.3 is 5.97 Å². The van der Waals surface area contributed by atoms with E-state index < -0.39 is 5.97 Å². The number of phenols is 1. The Morgan fingerprint density at radius 2 is 2.06 bits per heavy atom. The van der Waals surface area contributed by atoms with Crippen molar-refractivity contribution < 1.29 is 14.6 Å². The third-order valence-electron chi connectivity index (χ3n) is 2.65. The minimum Gasteiger partial charge on any atom is -0.507 e. The molecular weight excluding hydrogens is 216 g/mol. The molecule has 1 rings (SSSR count). The number of carbonyl (C=O) groups excluding carboxylic acids is 1. The van der Waals surface area contributed by atoms with Crippen LogP contribution in [0.2, 0.25) is 0 Å². The topological polar surface area (TPSA) is 46.5 Å². The minimum absolute atomic E-state index is 0.0294. The van der Waals surface area contributed by atoms with Gasteiger partial charge in [-0.05, 0) is 31.9 Å². The van der Waals surface area contributed by atoms with Gasteiger partial charge in [0.2, 0.25) is 0 Å². The number of aromatic hydroxyl groups is 1. The van der Waals surface area contributed by atoms with E-state index in [1.54, 1.807) is 18.2 Å². The first-order valence-corrected chi connectivity index (χ1v) is 6.14. The first-order chi connectivity index (χ1) is 8.15. The van der Waals surface area contributed by atoms with Crippen LogP contribution in [0.4, 0.5) is 0 Å². The summed E-state index contributed by atoms with van der Waals surface area (Å²) in [7, 11) is 0. The fraction of sp³-hybridized carbons (Fsp3) is 0.500. The Bertz CT molecular complexity index is 360. The van der Waals surface area contributed by atoms with E-state index in [-0.39, 0.29) is 17.4 Å². The normalized spacial score (nSPS) is 12.1. The van der Waals surface area contributed by atoms with Crippen LogP contribution in [0.1, 0.15) is 49.9 Å². The first kappa shape index (κ1) is 13.6. The van der Waals surface area contributed by atoms with Gasteiger partial charge in [-0.15, -0.1) is 0 Å². The summed E-state index contributed by atoms with van der Waals surface area (Å²) < 4.78 is 5.26. The zero-order chi connectivity index (χ0) is 12.7. The van der Waals surface area contributed by atoms with E-state index in [1.165, 1.54) is 6.07 Å². The highest BCUT2D eigenvalue weighted by molar-refractivity contribution is 5.92. The average Bonchev–Trinajstić information content (AvgIpc) is 2.29. The van der Waals surface area contributed by atoms with Gasteiger partial charge in [0.05, 0.1) is 6.10 Å². The number of para-hydroxylation sites is 1. The molecule has 0 aromatic heterocycles. The Hall–Kier alpha value is -1.51. The predicted octanol–water partition coefficient (Wildman–Crippen LogP) is 3.52. The van der Waals surface area contributed by atoms with Gasteiger partial charge in [-0.25, -0.2) is 4.79 Å². The highest BCUT2D eigenvalue weighted by Gasteiger charge is 2.14. The minimum atomic E-state index is -0.452. The molecule has 0 spiro atoms. The summed E-state index contributed by atoms with van der Waals surface area (Å²) in [6, 6.07) is 6.43. The van der Waals surface area contributed by atoms with E-state index in [4.69, 9.17) is 4.74 Å². The molecule has 1 atom stereocenters. The molecule has 17 heavy (non-hydrogen) atoms. The number of phenolic OH excluding ortho intramolecular Hbond substituents is 1. The van der Waals surface area contributed by atoms with Crippen LogP contribution in [0.15, 0.2) is 24.3 Å². The van der Waals surface area contributed by atoms with Crippen molar-refractivity contribution in [2.45, 2.75) is 45.6 Å². The molecule has 1 aromatic rings. The maximum Gasteiger partial charge on any atom is 0.342 e. The quantitative estimate of drug-likeness (QED) is 0.607. The largest absolute Gasteiger partial charge is 0.507 e. The Kier molecular flexibility index (Phi) is 5.53. The third kappa shape index (κ3) is 4.47. The fourth-order valence-corrected chi connectivity index (χ4v) is 1.63. The number of hydrogen-bond donors (Lipinski definition) is 1. The second kappa shape index (κ2) is 6.94. The zero-order valence-corrected chi connectivity index (χ0v) is 10.5. The number of esters is 1. The monoisotopic (exact) mass is 236 g/mol. The molecule has 0 saturated heterocycles. The molecule has 3 nitrogen and oxygen atoms in total. The van der Waals surface area contributed by atoms with Crippen molar-refractivity contribution in [2.24, 2.45) is 0 Å². The molecule has 1 N–H and O–H groups in total. The molecule has 0 saturated carbocycles. The predicted molar refractivity (Wildman–Crippen MR) is 67.1 cm³/mol. The van der Waals surface area contributed by atoms with Crippen LogP contribution in [0, 0.1) is 0 Å². The van der Waals surface area contributed by atoms with Gasteiger partial charge in [-0.2, -0.15) is 0 Å². The third-order valence-corrected chi connectivity index (χ3v) is 2.65. The summed E-state index contributed by atoms with van der Waals surface area (Å²) in [6.07, 6.45) is 4.13. The number of rotatable bonds is 6. The maximum atomic E-state index is 11.7. The lowest BCUT2D eigenvalue weighted by molar-refractivity contribution is 0.0316. The van der Waals surface area contributed by atoms with Crippen LogP contribution < -0.4 is 0 Å². The SMILES string of the molecule is CCCCCC(C)OC(=O)c1ccccc1O. The summed E-state index contributed by atoms with van der Waals surface area (Å²) in [4.78, 5) is 11.7. The van der Waals surface area contributed by atoms with E-state index in [0.29, 0.717) is 0 Å². The molecule has 0 aliphatic rings. The standard InChI is InChI=1S/C14H20O3/c1-3-4-5-8-11(2)17-14(16)12-9-6-7-10-13(12)15/h6-7,9-11,15H,3-5,8H2,1-2H3. The molecule has 0 radical (unpaired) electrons. The lowest BCUT2D eigenvalue weighted by atomic mass is 10.1. The van der Waals surface area contributed by atoms with Gasteiger partial charge in [0.1, 0.15) is 11.3 Å². The van der Waals surface area contributed by atoms with Crippen LogP contribution in [-0.4, -0.2) is 17.2 Å². The maximum absolute atomic E-state index is 11.7. The molecule has 0 fully saturated rings. The van der Waals surface area contributed by atoms with Crippen molar-refractivity contribution in [3.63, 3.8) is 0 Å². The van der Waals surface area contributed by atoms with Gasteiger partial charge in [0.25, 0.3) is 0 Å². The molecule has 1 unspecified atom stereocenters. The van der Waals surface area contributed by atoms with Crippen LogP contribution in [-0.2, 0) is 4.74 Å². The fourth-order valence-electron chi connectivity index (χ4n) is 1.63. The van der Waals surface area contributed by atoms with Crippen LogP contribution in [0.5, 0.6) is 5.75 Å². The Balaban J connectivity index is 2.46. The first-order valence-electron chi connectivity index (χ1n) is 6.14. The molecular formula is C14H20O3. The van der Waals surface area contributed by atoms with Gasteiger partial charge < -0.3 is 9.84 Å². The second-order valence-electron chi connectivity index (χ2n) is 4.23. The molecule has 0 aliphatic carbocycles. The molecule has 0 heterocycles. The van der Waals surface area contributed by atoms with Crippen LogP contribution in [0.25, 0.3) is 0 Å². The van der Waals surface area contributed by atoms with E-state index in [0.717, 1.165) is 25.7 Å². The van der Waals surface area contributed by atoms with Crippen LogP contribution in [0.3, 0.4) is 0 Å². The smallest absolute Gasteiger partial charge is 0.342 e. The summed E-state index contributed by atoms with van der Waals surface area (Å²) in [6.45, 7) is 4.02. The summed E-state index contributed by atoms with van der Waals surface area (Å²) in [5.74, 6) is -0.481. The summed E-state index contributed by atoms with van der Waals surface area (Å²) >= 11 is 0. The highest BCUT2D eigenvalue weighted by atomic mass is 16.5. The van der Waals surface area contributed by atoms with Crippen molar-refractivity contribution in [2.75, 3.05) is 0 Å². The Morgan fingerprint density at radius 3 is 2.71 bits per heavy atom. The number of benzene rings is 1. The molecule has 1 aromatic carbocycles. The Morgan fingerprint density at radius 1 is 1.35 bits per heavy atom. The van der Waals surface area contributed by atoms with Crippen molar-refractivity contribution in [3.8, 4) is 5.75 Å². The van der Waals surface area contributed by atoms with Crippen molar-refractivity contribution in [3.05, 3.63) is 29.8 Å². The van der Waals surface area contributed by atoms with Crippen LogP contribution >= 0.6 is 0 Å². The van der Waals surface area contributed by atoms with Gasteiger partial charge in [0, 0.05) is 0 Å². The molecule has 0 bridgehead atoms. The second-order valence-corrected chi connectivity index (χ2v) is 4.23. The summed E-state index contributed by atoms with van der Waals surface area (Å²) in [5.41, 5.74) is 0.231. The highest BCUT2D eigenvalue weighted by Crippen LogP contribution is 2.18. The number of hydrogen-bond acceptors (Lipinski definition) is 3. The molecule has 0 amide bonds. The van der Waals surface area contributed by atoms with Crippen molar-refractivity contribution >= 4 is 5.97 Å². The van der Waals surface area contributed by atoms with E-state index >= 15 is 0 Å². The lowest BCUT2D eigenvalue weighted by Gasteiger charge is -2.13. The molecule has 3 heteroatoms. The summed E-state index contributed by atoms with van der Waals surface area (Å²) in [5, 5.41) is 9.51. The van der Waals surface area contributed by atoms with Gasteiger partial charge in [0.15, 0.2) is 0 Å².